The average molecular weight is 354 g/mol. The van der Waals surface area contributed by atoms with Crippen molar-refractivity contribution >= 4 is 12.0 Å². The number of nitrogens with zero attached hydrogens (tertiary/aromatic N) is 1. The first-order valence-corrected chi connectivity index (χ1v) is 9.92. The highest BCUT2D eigenvalue weighted by atomic mass is 16.5. The summed E-state index contributed by atoms with van der Waals surface area (Å²) < 4.78 is 8.42. The summed E-state index contributed by atoms with van der Waals surface area (Å²) in [7, 11) is 0. The van der Waals surface area contributed by atoms with Crippen molar-refractivity contribution in [2.75, 3.05) is 6.54 Å². The molecule has 2 N–H and O–H groups in total. The van der Waals surface area contributed by atoms with E-state index in [1.165, 1.54) is 19.3 Å². The molecular formula is C21H24NO4+. The fourth-order valence-corrected chi connectivity index (χ4v) is 6.40. The minimum atomic E-state index is -0.976. The summed E-state index contributed by atoms with van der Waals surface area (Å²) in [6, 6.07) is 3.62. The van der Waals surface area contributed by atoms with Crippen molar-refractivity contribution in [3.63, 3.8) is 0 Å². The Hall–Kier alpha value is -1.88. The standard InChI is InChI=1S/C21H23NO4/c23-14-5-4-13-10-16-21(25)7-6-15(24)19-20(21,17(13)18(14)26-19)8-9-22(16)11-12-2-1-3-12/h4-5,11-12,16,19,25H,1-3,6-10H2/p+1/b22-11+/t16-,19+,20+,21-/m1/s1. The smallest absolute Gasteiger partial charge is 0.185 e. The van der Waals surface area contributed by atoms with Crippen LogP contribution in [0.15, 0.2) is 12.1 Å². The Kier molecular flexibility index (Phi) is 2.74. The van der Waals surface area contributed by atoms with E-state index in [0.717, 1.165) is 24.1 Å². The fraction of sp³-hybridized carbons (Fsp3) is 0.619. The number of phenols is 1. The van der Waals surface area contributed by atoms with Gasteiger partial charge in [-0.1, -0.05) is 12.5 Å². The molecule has 26 heavy (non-hydrogen) atoms. The molecule has 4 atom stereocenters. The summed E-state index contributed by atoms with van der Waals surface area (Å²) in [5.41, 5.74) is 0.364. The number of carbonyl (C=O) groups is 1. The molecule has 136 valence electrons. The third kappa shape index (κ3) is 1.54. The van der Waals surface area contributed by atoms with Crippen LogP contribution in [-0.2, 0) is 16.6 Å². The molecule has 1 aromatic rings. The number of rotatable bonds is 1. The van der Waals surface area contributed by atoms with E-state index >= 15 is 0 Å². The van der Waals surface area contributed by atoms with E-state index in [1.54, 1.807) is 6.07 Å². The molecular weight excluding hydrogens is 330 g/mol. The van der Waals surface area contributed by atoms with Crippen LogP contribution in [0.3, 0.4) is 0 Å². The van der Waals surface area contributed by atoms with Gasteiger partial charge in [-0.15, -0.1) is 0 Å². The minimum absolute atomic E-state index is 0.0148. The molecule has 0 unspecified atom stereocenters. The largest absolute Gasteiger partial charge is 0.504 e. The van der Waals surface area contributed by atoms with E-state index in [0.29, 0.717) is 30.9 Å². The molecule has 0 aromatic heterocycles. The second kappa shape index (κ2) is 4.69. The maximum absolute atomic E-state index is 12.7. The van der Waals surface area contributed by atoms with Crippen LogP contribution >= 0.6 is 0 Å². The predicted octanol–water partition coefficient (Wildman–Crippen LogP) is 1.70. The highest BCUT2D eigenvalue weighted by Gasteiger charge is 2.75. The van der Waals surface area contributed by atoms with Crippen molar-refractivity contribution in [3.8, 4) is 11.5 Å². The second-order valence-electron chi connectivity index (χ2n) is 8.86. The highest BCUT2D eigenvalue weighted by Crippen LogP contribution is 2.64. The summed E-state index contributed by atoms with van der Waals surface area (Å²) in [6.07, 6.45) is 7.75. The van der Waals surface area contributed by atoms with Gasteiger partial charge in [0.1, 0.15) is 18.4 Å². The number of aliphatic hydroxyl groups is 1. The van der Waals surface area contributed by atoms with Crippen LogP contribution in [0.25, 0.3) is 0 Å². The number of benzene rings is 1. The molecule has 1 spiro atoms. The zero-order chi connectivity index (χ0) is 17.7. The summed E-state index contributed by atoms with van der Waals surface area (Å²) >= 11 is 0. The summed E-state index contributed by atoms with van der Waals surface area (Å²) in [6.45, 7) is 0.838. The van der Waals surface area contributed by atoms with Gasteiger partial charge in [-0.05, 0) is 30.9 Å². The van der Waals surface area contributed by atoms with Crippen LogP contribution in [0.1, 0.15) is 49.7 Å². The van der Waals surface area contributed by atoms with Gasteiger partial charge in [0.15, 0.2) is 29.4 Å². The number of ether oxygens (including phenoxy) is 1. The van der Waals surface area contributed by atoms with Gasteiger partial charge in [-0.3, -0.25) is 4.79 Å². The zero-order valence-corrected chi connectivity index (χ0v) is 14.8. The molecule has 0 radical (unpaired) electrons. The Labute approximate surface area is 152 Å². The molecule has 2 saturated carbocycles. The lowest BCUT2D eigenvalue weighted by Gasteiger charge is -2.56. The average Bonchev–Trinajstić information content (AvgIpc) is 2.93. The normalized spacial score (nSPS) is 41.6. The number of Topliss-reactive ketones (excluding diaryl/α,β-unsaturated/α-hetero) is 1. The van der Waals surface area contributed by atoms with E-state index in [1.807, 2.05) is 6.07 Å². The third-order valence-corrected chi connectivity index (χ3v) is 7.85. The topological polar surface area (TPSA) is 69.8 Å². The lowest BCUT2D eigenvalue weighted by Crippen LogP contribution is -2.75. The number of piperidine rings is 1. The minimum Gasteiger partial charge on any atom is -0.504 e. The molecule has 5 aliphatic rings. The molecule has 5 heteroatoms. The van der Waals surface area contributed by atoms with Gasteiger partial charge in [-0.25, -0.2) is 4.58 Å². The maximum atomic E-state index is 12.7. The SMILES string of the molecule is O=C1CC[C@@]2(O)[C@H]3Cc4ccc(O)c5c4[C@@]2(CC/[N+]3=C\C2CCC2)[C@H]1O5. The van der Waals surface area contributed by atoms with Crippen molar-refractivity contribution in [2.24, 2.45) is 5.92 Å². The van der Waals surface area contributed by atoms with E-state index < -0.39 is 17.1 Å². The Balaban J connectivity index is 1.59. The first-order chi connectivity index (χ1) is 12.5. The van der Waals surface area contributed by atoms with Gasteiger partial charge < -0.3 is 14.9 Å². The predicted molar refractivity (Wildman–Crippen MR) is 94.0 cm³/mol. The molecule has 2 aliphatic heterocycles. The molecule has 2 bridgehead atoms. The van der Waals surface area contributed by atoms with Gasteiger partial charge in [-0.2, -0.15) is 0 Å². The maximum Gasteiger partial charge on any atom is 0.185 e. The lowest BCUT2D eigenvalue weighted by atomic mass is 9.49. The van der Waals surface area contributed by atoms with Crippen molar-refractivity contribution in [2.45, 2.75) is 68.1 Å². The van der Waals surface area contributed by atoms with Crippen molar-refractivity contribution in [1.82, 2.24) is 0 Å². The lowest BCUT2D eigenvalue weighted by molar-refractivity contribution is -0.607. The van der Waals surface area contributed by atoms with Crippen LogP contribution in [0.2, 0.25) is 0 Å². The molecule has 3 fully saturated rings. The van der Waals surface area contributed by atoms with E-state index in [9.17, 15) is 15.0 Å². The molecule has 3 aliphatic carbocycles. The number of ketones is 1. The van der Waals surface area contributed by atoms with Crippen molar-refractivity contribution in [1.29, 1.82) is 0 Å². The van der Waals surface area contributed by atoms with Crippen LogP contribution in [0.5, 0.6) is 11.5 Å². The molecule has 6 rings (SSSR count). The van der Waals surface area contributed by atoms with Gasteiger partial charge >= 0.3 is 0 Å². The zero-order valence-electron chi connectivity index (χ0n) is 14.8. The van der Waals surface area contributed by atoms with Gasteiger partial charge in [0.2, 0.25) is 0 Å². The van der Waals surface area contributed by atoms with Gasteiger partial charge in [0.05, 0.1) is 5.41 Å². The van der Waals surface area contributed by atoms with Crippen molar-refractivity contribution < 1.29 is 24.3 Å². The van der Waals surface area contributed by atoms with Crippen LogP contribution < -0.4 is 4.74 Å². The van der Waals surface area contributed by atoms with Crippen molar-refractivity contribution in [3.05, 3.63) is 23.3 Å². The Bertz CT molecular complexity index is 873. The molecule has 5 nitrogen and oxygen atoms in total. The number of carbonyl (C=O) groups excluding carboxylic acids is 1. The molecule has 0 amide bonds. The quantitative estimate of drug-likeness (QED) is 0.753. The molecule has 1 saturated heterocycles. The van der Waals surface area contributed by atoms with E-state index in [2.05, 4.69) is 10.8 Å². The van der Waals surface area contributed by atoms with Crippen LogP contribution in [0.4, 0.5) is 0 Å². The number of aromatic hydroxyl groups is 1. The van der Waals surface area contributed by atoms with Crippen LogP contribution in [0, 0.1) is 5.92 Å². The number of phenolic OH excluding ortho intramolecular Hbond substituents is 1. The highest BCUT2D eigenvalue weighted by molar-refractivity contribution is 5.90. The van der Waals surface area contributed by atoms with Gasteiger partial charge in [0, 0.05) is 30.7 Å². The number of hydrogen-bond donors (Lipinski definition) is 2. The third-order valence-electron chi connectivity index (χ3n) is 7.85. The van der Waals surface area contributed by atoms with Crippen LogP contribution in [-0.4, -0.2) is 51.1 Å². The monoisotopic (exact) mass is 354 g/mol. The fourth-order valence-electron chi connectivity index (χ4n) is 6.40. The van der Waals surface area contributed by atoms with E-state index in [-0.39, 0.29) is 17.6 Å². The van der Waals surface area contributed by atoms with Gasteiger partial charge in [0.25, 0.3) is 0 Å². The van der Waals surface area contributed by atoms with E-state index in [4.69, 9.17) is 4.74 Å². The second-order valence-corrected chi connectivity index (χ2v) is 8.86. The Morgan fingerprint density at radius 1 is 1.27 bits per heavy atom. The summed E-state index contributed by atoms with van der Waals surface area (Å²) in [5.74, 6) is 1.22. The Morgan fingerprint density at radius 2 is 2.12 bits per heavy atom. The first kappa shape index (κ1) is 15.2. The molecule has 1 aromatic carbocycles. The summed E-state index contributed by atoms with van der Waals surface area (Å²) in [5, 5.41) is 22.4. The Morgan fingerprint density at radius 3 is 2.88 bits per heavy atom. The number of hydrogen-bond acceptors (Lipinski definition) is 4. The first-order valence-electron chi connectivity index (χ1n) is 9.92. The summed E-state index contributed by atoms with van der Waals surface area (Å²) in [4.78, 5) is 12.7. The molecule has 2 heterocycles.